The molecule has 15 heavy (non-hydrogen) atoms. The van der Waals surface area contributed by atoms with Gasteiger partial charge in [-0.25, -0.2) is 0 Å². The lowest BCUT2D eigenvalue weighted by atomic mass is 10.1. The van der Waals surface area contributed by atoms with E-state index in [1.807, 2.05) is 0 Å². The molecule has 3 nitrogen and oxygen atoms in total. The van der Waals surface area contributed by atoms with Gasteiger partial charge in [0.25, 0.3) is 0 Å². The third-order valence-corrected chi connectivity index (χ3v) is 2.97. The van der Waals surface area contributed by atoms with Gasteiger partial charge in [0.1, 0.15) is 0 Å². The van der Waals surface area contributed by atoms with Crippen molar-refractivity contribution in [2.24, 2.45) is 0 Å². The molecule has 3 heteroatoms. The molecule has 1 aromatic rings. The molecule has 1 aliphatic heterocycles. The molecule has 2 rings (SSSR count). The number of nitrogens with zero attached hydrogens (tertiary/aromatic N) is 1. The third-order valence-electron chi connectivity index (χ3n) is 2.97. The van der Waals surface area contributed by atoms with Crippen molar-refractivity contribution in [1.82, 2.24) is 4.90 Å². The average Bonchev–Trinajstić information content (AvgIpc) is 2.47. The van der Waals surface area contributed by atoms with E-state index in [2.05, 4.69) is 25.7 Å². The first kappa shape index (κ1) is 10.3. The van der Waals surface area contributed by atoms with E-state index in [0.717, 1.165) is 24.2 Å². The molecular weight excluding hydrogens is 190 g/mol. The molecule has 0 spiro atoms. The maximum absolute atomic E-state index is 9.40. The van der Waals surface area contributed by atoms with Crippen LogP contribution in [-0.2, 0) is 13.1 Å². The van der Waals surface area contributed by atoms with Crippen molar-refractivity contribution in [3.05, 3.63) is 23.3 Å². The van der Waals surface area contributed by atoms with Crippen LogP contribution in [0.1, 0.15) is 31.9 Å². The van der Waals surface area contributed by atoms with Gasteiger partial charge in [0, 0.05) is 18.6 Å². The van der Waals surface area contributed by atoms with Crippen LogP contribution < -0.4 is 0 Å². The van der Waals surface area contributed by atoms with E-state index in [9.17, 15) is 10.2 Å². The Morgan fingerprint density at radius 3 is 1.73 bits per heavy atom. The summed E-state index contributed by atoms with van der Waals surface area (Å²) in [6, 6.07) is 3.33. The molecule has 0 bridgehead atoms. The number of fused-ring (bicyclic) bond motifs is 1. The van der Waals surface area contributed by atoms with Crippen LogP contribution in [0.2, 0.25) is 0 Å². The van der Waals surface area contributed by atoms with Crippen LogP contribution >= 0.6 is 0 Å². The topological polar surface area (TPSA) is 43.7 Å². The van der Waals surface area contributed by atoms with Crippen molar-refractivity contribution in [1.29, 1.82) is 0 Å². The summed E-state index contributed by atoms with van der Waals surface area (Å²) >= 11 is 0. The van der Waals surface area contributed by atoms with Crippen LogP contribution in [0.3, 0.4) is 0 Å². The quantitative estimate of drug-likeness (QED) is 0.641. The smallest absolute Gasteiger partial charge is 0.157 e. The lowest BCUT2D eigenvalue weighted by Gasteiger charge is -2.31. The van der Waals surface area contributed by atoms with Crippen LogP contribution in [-0.4, -0.2) is 20.7 Å². The fourth-order valence-electron chi connectivity index (χ4n) is 1.90. The highest BCUT2D eigenvalue weighted by atomic mass is 16.3. The normalized spacial score (nSPS) is 16.7. The molecule has 1 aliphatic rings. The Balaban J connectivity index is 2.32. The Bertz CT molecular complexity index is 362. The molecule has 0 aliphatic carbocycles. The highest BCUT2D eigenvalue weighted by Gasteiger charge is 2.28. The van der Waals surface area contributed by atoms with Gasteiger partial charge < -0.3 is 10.2 Å². The van der Waals surface area contributed by atoms with Gasteiger partial charge in [0.05, 0.1) is 0 Å². The van der Waals surface area contributed by atoms with Crippen molar-refractivity contribution in [3.8, 4) is 11.5 Å². The van der Waals surface area contributed by atoms with Crippen LogP contribution in [0.25, 0.3) is 0 Å². The van der Waals surface area contributed by atoms with Crippen LogP contribution in [0.4, 0.5) is 0 Å². The van der Waals surface area contributed by atoms with Gasteiger partial charge in [-0.3, -0.25) is 4.90 Å². The number of hydrogen-bond donors (Lipinski definition) is 2. The predicted molar refractivity (Wildman–Crippen MR) is 58.8 cm³/mol. The zero-order chi connectivity index (χ0) is 11.2. The summed E-state index contributed by atoms with van der Waals surface area (Å²) in [4.78, 5) is 2.32. The molecule has 82 valence electrons. The number of benzene rings is 1. The standard InChI is InChI=1S/C12H17NO2/c1-12(2,3)13-6-8-4-10(14)11(15)5-9(8)7-13/h4-5,14-15H,6-7H2,1-3H3. The second-order valence-electron chi connectivity index (χ2n) is 5.14. The number of aromatic hydroxyl groups is 2. The van der Waals surface area contributed by atoms with E-state index in [0.29, 0.717) is 0 Å². The maximum Gasteiger partial charge on any atom is 0.157 e. The Morgan fingerprint density at radius 1 is 1.00 bits per heavy atom. The number of phenolic OH excluding ortho intramolecular Hbond substituents is 2. The van der Waals surface area contributed by atoms with Crippen molar-refractivity contribution in [2.45, 2.75) is 39.4 Å². The Labute approximate surface area is 90.0 Å². The Morgan fingerprint density at radius 2 is 1.40 bits per heavy atom. The maximum atomic E-state index is 9.40. The van der Waals surface area contributed by atoms with Crippen molar-refractivity contribution >= 4 is 0 Å². The van der Waals surface area contributed by atoms with Gasteiger partial charge in [-0.1, -0.05) is 0 Å². The highest BCUT2D eigenvalue weighted by molar-refractivity contribution is 5.47. The van der Waals surface area contributed by atoms with Gasteiger partial charge in [-0.2, -0.15) is 0 Å². The zero-order valence-electron chi connectivity index (χ0n) is 9.41. The molecule has 1 aromatic carbocycles. The summed E-state index contributed by atoms with van der Waals surface area (Å²) in [5.41, 5.74) is 2.34. The molecule has 0 amide bonds. The lowest BCUT2D eigenvalue weighted by Crippen LogP contribution is -2.36. The van der Waals surface area contributed by atoms with Gasteiger partial charge in [-0.15, -0.1) is 0 Å². The number of phenols is 2. The van der Waals surface area contributed by atoms with Gasteiger partial charge in [0.15, 0.2) is 11.5 Å². The second kappa shape index (κ2) is 3.14. The zero-order valence-corrected chi connectivity index (χ0v) is 9.41. The van der Waals surface area contributed by atoms with Crippen molar-refractivity contribution < 1.29 is 10.2 Å². The highest BCUT2D eigenvalue weighted by Crippen LogP contribution is 2.35. The van der Waals surface area contributed by atoms with E-state index in [1.165, 1.54) is 0 Å². The first-order valence-corrected chi connectivity index (χ1v) is 5.17. The largest absolute Gasteiger partial charge is 0.504 e. The minimum Gasteiger partial charge on any atom is -0.504 e. The molecule has 0 saturated carbocycles. The molecule has 1 heterocycles. The third kappa shape index (κ3) is 1.79. The first-order valence-electron chi connectivity index (χ1n) is 5.17. The summed E-state index contributed by atoms with van der Waals surface area (Å²) in [5.74, 6) is -0.0472. The average molecular weight is 207 g/mol. The summed E-state index contributed by atoms with van der Waals surface area (Å²) < 4.78 is 0. The van der Waals surface area contributed by atoms with E-state index in [1.54, 1.807) is 12.1 Å². The van der Waals surface area contributed by atoms with Gasteiger partial charge >= 0.3 is 0 Å². The molecule has 0 radical (unpaired) electrons. The molecule has 0 atom stereocenters. The predicted octanol–water partition coefficient (Wildman–Crippen LogP) is 2.21. The minimum atomic E-state index is -0.0236. The second-order valence-corrected chi connectivity index (χ2v) is 5.14. The van der Waals surface area contributed by atoms with E-state index in [-0.39, 0.29) is 17.0 Å². The molecule has 0 unspecified atom stereocenters. The van der Waals surface area contributed by atoms with Crippen LogP contribution in [0.5, 0.6) is 11.5 Å². The first-order chi connectivity index (χ1) is 6.88. The summed E-state index contributed by atoms with van der Waals surface area (Å²) in [7, 11) is 0. The van der Waals surface area contributed by atoms with E-state index in [4.69, 9.17) is 0 Å². The summed E-state index contributed by atoms with van der Waals surface area (Å²) in [6.45, 7) is 8.18. The molecule has 2 N–H and O–H groups in total. The fraction of sp³-hybridized carbons (Fsp3) is 0.500. The fourth-order valence-corrected chi connectivity index (χ4v) is 1.90. The Hall–Kier alpha value is -1.22. The lowest BCUT2D eigenvalue weighted by molar-refractivity contribution is 0.136. The molecule has 0 aromatic heterocycles. The summed E-state index contributed by atoms with van der Waals surface area (Å²) in [5, 5.41) is 18.8. The molecule has 0 saturated heterocycles. The Kier molecular flexibility index (Phi) is 2.15. The van der Waals surface area contributed by atoms with Gasteiger partial charge in [0.2, 0.25) is 0 Å². The monoisotopic (exact) mass is 207 g/mol. The van der Waals surface area contributed by atoms with Crippen molar-refractivity contribution in [2.75, 3.05) is 0 Å². The molecule has 0 fully saturated rings. The van der Waals surface area contributed by atoms with Crippen LogP contribution in [0, 0.1) is 0 Å². The number of rotatable bonds is 0. The SMILES string of the molecule is CC(C)(C)N1Cc2cc(O)c(O)cc2C1. The van der Waals surface area contributed by atoms with Gasteiger partial charge in [-0.05, 0) is 44.0 Å². The van der Waals surface area contributed by atoms with Crippen molar-refractivity contribution in [3.63, 3.8) is 0 Å². The minimum absolute atomic E-state index is 0.0236. The number of hydrogen-bond acceptors (Lipinski definition) is 3. The summed E-state index contributed by atoms with van der Waals surface area (Å²) in [6.07, 6.45) is 0. The van der Waals surface area contributed by atoms with E-state index < -0.39 is 0 Å². The molecular formula is C12H17NO2. The van der Waals surface area contributed by atoms with Crippen LogP contribution in [0.15, 0.2) is 12.1 Å². The van der Waals surface area contributed by atoms with E-state index >= 15 is 0 Å².